The van der Waals surface area contributed by atoms with Crippen molar-refractivity contribution in [2.75, 3.05) is 19.8 Å². The Balaban J connectivity index is -0.000000220. The molecular formula is C10H27NO. The van der Waals surface area contributed by atoms with Crippen molar-refractivity contribution in [3.05, 3.63) is 0 Å². The number of hydrogen-bond acceptors (Lipinski definition) is 2. The molecule has 0 rings (SSSR count). The molecule has 2 N–H and O–H groups in total. The molecule has 0 amide bonds. The lowest BCUT2D eigenvalue weighted by molar-refractivity contribution is 0.131. The molecule has 2 nitrogen and oxygen atoms in total. The maximum Gasteiger partial charge on any atom is 0.0466 e. The molecule has 0 fully saturated rings. The van der Waals surface area contributed by atoms with Crippen LogP contribution in [-0.4, -0.2) is 19.8 Å². The van der Waals surface area contributed by atoms with E-state index in [0.717, 1.165) is 39.0 Å². The first-order valence-corrected chi connectivity index (χ1v) is 5.11. The van der Waals surface area contributed by atoms with Crippen molar-refractivity contribution in [1.82, 2.24) is 0 Å². The SMILES string of the molecule is CCC.CCCOCCCCN.[HH]. The Labute approximate surface area is 79.0 Å². The van der Waals surface area contributed by atoms with E-state index in [4.69, 9.17) is 10.5 Å². The highest BCUT2D eigenvalue weighted by Gasteiger charge is 1.84. The van der Waals surface area contributed by atoms with Crippen LogP contribution in [0.15, 0.2) is 0 Å². The van der Waals surface area contributed by atoms with E-state index in [1.165, 1.54) is 6.42 Å². The third kappa shape index (κ3) is 22.5. The van der Waals surface area contributed by atoms with Crippen molar-refractivity contribution in [3.63, 3.8) is 0 Å². The fourth-order valence-corrected chi connectivity index (χ4v) is 0.595. The lowest BCUT2D eigenvalue weighted by atomic mass is 10.3. The summed E-state index contributed by atoms with van der Waals surface area (Å²) < 4.78 is 5.23. The third-order valence-corrected chi connectivity index (χ3v) is 1.09. The third-order valence-electron chi connectivity index (χ3n) is 1.09. The molecule has 0 spiro atoms. The number of unbranched alkanes of at least 4 members (excludes halogenated alkanes) is 1. The summed E-state index contributed by atoms with van der Waals surface area (Å²) in [5.74, 6) is 0. The van der Waals surface area contributed by atoms with Crippen LogP contribution in [0.5, 0.6) is 0 Å². The molecule has 0 saturated carbocycles. The summed E-state index contributed by atoms with van der Waals surface area (Å²) in [5.41, 5.74) is 5.29. The molecule has 2 heteroatoms. The largest absolute Gasteiger partial charge is 0.381 e. The van der Waals surface area contributed by atoms with E-state index in [-0.39, 0.29) is 1.43 Å². The fourth-order valence-electron chi connectivity index (χ4n) is 0.595. The van der Waals surface area contributed by atoms with E-state index in [1.54, 1.807) is 0 Å². The molecule has 0 aliphatic rings. The zero-order valence-electron chi connectivity index (χ0n) is 8.94. The van der Waals surface area contributed by atoms with Gasteiger partial charge in [-0.05, 0) is 25.8 Å². The van der Waals surface area contributed by atoms with E-state index >= 15 is 0 Å². The minimum absolute atomic E-state index is 0. The molecule has 0 heterocycles. The molecule has 0 unspecified atom stereocenters. The summed E-state index contributed by atoms with van der Waals surface area (Å²) in [4.78, 5) is 0. The van der Waals surface area contributed by atoms with Crippen molar-refractivity contribution >= 4 is 0 Å². The maximum absolute atomic E-state index is 5.29. The second-order valence-electron chi connectivity index (χ2n) is 2.82. The molecule has 0 aromatic heterocycles. The van der Waals surface area contributed by atoms with Gasteiger partial charge < -0.3 is 10.5 Å². The van der Waals surface area contributed by atoms with Crippen molar-refractivity contribution in [2.45, 2.75) is 46.5 Å². The average Bonchev–Trinajstić information content (AvgIpc) is 2.06. The van der Waals surface area contributed by atoms with Crippen LogP contribution in [0.1, 0.15) is 47.9 Å². The predicted octanol–water partition coefficient (Wildman–Crippen LogP) is 2.81. The molecule has 0 bridgehead atoms. The highest BCUT2D eigenvalue weighted by atomic mass is 16.5. The standard InChI is InChI=1S/C7H17NO.C3H8.H2/c1-2-6-9-7-4-3-5-8;1-3-2;/h2-8H2,1H3;3H2,1-2H3;1H. The molecule has 0 aliphatic heterocycles. The minimum Gasteiger partial charge on any atom is -0.381 e. The summed E-state index contributed by atoms with van der Waals surface area (Å²) in [6.45, 7) is 8.92. The summed E-state index contributed by atoms with van der Waals surface area (Å²) in [6, 6.07) is 0. The Bertz CT molecular complexity index is 56.9. The minimum atomic E-state index is 0. The van der Waals surface area contributed by atoms with E-state index in [2.05, 4.69) is 20.8 Å². The van der Waals surface area contributed by atoms with Gasteiger partial charge in [0.25, 0.3) is 0 Å². The second kappa shape index (κ2) is 17.1. The maximum atomic E-state index is 5.29. The van der Waals surface area contributed by atoms with Crippen LogP contribution < -0.4 is 5.73 Å². The van der Waals surface area contributed by atoms with Crippen LogP contribution in [0.4, 0.5) is 0 Å². The zero-order valence-corrected chi connectivity index (χ0v) is 8.94. The van der Waals surface area contributed by atoms with Crippen molar-refractivity contribution in [1.29, 1.82) is 0 Å². The van der Waals surface area contributed by atoms with E-state index in [9.17, 15) is 0 Å². The molecule has 12 heavy (non-hydrogen) atoms. The van der Waals surface area contributed by atoms with Gasteiger partial charge in [-0.3, -0.25) is 0 Å². The average molecular weight is 177 g/mol. The number of ether oxygens (including phenoxy) is 1. The van der Waals surface area contributed by atoms with E-state index < -0.39 is 0 Å². The highest BCUT2D eigenvalue weighted by molar-refractivity contribution is 4.38. The van der Waals surface area contributed by atoms with E-state index in [1.807, 2.05) is 0 Å². The van der Waals surface area contributed by atoms with Gasteiger partial charge in [0.1, 0.15) is 0 Å². The Kier molecular flexibility index (Phi) is 20.6. The van der Waals surface area contributed by atoms with Gasteiger partial charge in [-0.2, -0.15) is 0 Å². The normalized spacial score (nSPS) is 9.00. The Morgan fingerprint density at radius 1 is 1.08 bits per heavy atom. The monoisotopic (exact) mass is 177 g/mol. The van der Waals surface area contributed by atoms with Gasteiger partial charge in [-0.1, -0.05) is 27.2 Å². The van der Waals surface area contributed by atoms with Crippen molar-refractivity contribution in [3.8, 4) is 0 Å². The van der Waals surface area contributed by atoms with Crippen LogP contribution in [0.3, 0.4) is 0 Å². The van der Waals surface area contributed by atoms with Crippen LogP contribution in [0, 0.1) is 0 Å². The predicted molar refractivity (Wildman–Crippen MR) is 57.5 cm³/mol. The van der Waals surface area contributed by atoms with Crippen LogP contribution in [0.25, 0.3) is 0 Å². The summed E-state index contributed by atoms with van der Waals surface area (Å²) in [5, 5.41) is 0. The number of hydrogen-bond donors (Lipinski definition) is 1. The van der Waals surface area contributed by atoms with Gasteiger partial charge in [-0.15, -0.1) is 0 Å². The molecule has 0 aromatic carbocycles. The first kappa shape index (κ1) is 14.4. The molecule has 0 aromatic rings. The molecular weight excluding hydrogens is 150 g/mol. The van der Waals surface area contributed by atoms with Gasteiger partial charge in [0.2, 0.25) is 0 Å². The zero-order chi connectivity index (χ0) is 9.66. The van der Waals surface area contributed by atoms with Crippen LogP contribution in [0.2, 0.25) is 0 Å². The van der Waals surface area contributed by atoms with Crippen LogP contribution >= 0.6 is 0 Å². The molecule has 0 atom stereocenters. The Hall–Kier alpha value is -0.0800. The van der Waals surface area contributed by atoms with Gasteiger partial charge in [0.15, 0.2) is 0 Å². The fraction of sp³-hybridized carbons (Fsp3) is 1.00. The lowest BCUT2D eigenvalue weighted by Gasteiger charge is -1.99. The highest BCUT2D eigenvalue weighted by Crippen LogP contribution is 1.88. The topological polar surface area (TPSA) is 35.2 Å². The lowest BCUT2D eigenvalue weighted by Crippen LogP contribution is -2.02. The van der Waals surface area contributed by atoms with Gasteiger partial charge in [-0.25, -0.2) is 0 Å². The van der Waals surface area contributed by atoms with Crippen molar-refractivity contribution in [2.24, 2.45) is 5.73 Å². The summed E-state index contributed by atoms with van der Waals surface area (Å²) in [7, 11) is 0. The van der Waals surface area contributed by atoms with Gasteiger partial charge >= 0.3 is 0 Å². The molecule has 0 saturated heterocycles. The van der Waals surface area contributed by atoms with Gasteiger partial charge in [0.05, 0.1) is 0 Å². The Morgan fingerprint density at radius 2 is 1.67 bits per heavy atom. The van der Waals surface area contributed by atoms with E-state index in [0.29, 0.717) is 0 Å². The Morgan fingerprint density at radius 3 is 2.08 bits per heavy atom. The van der Waals surface area contributed by atoms with Crippen molar-refractivity contribution < 1.29 is 6.16 Å². The van der Waals surface area contributed by atoms with Gasteiger partial charge in [0, 0.05) is 14.6 Å². The second-order valence-corrected chi connectivity index (χ2v) is 2.82. The smallest absolute Gasteiger partial charge is 0.0466 e. The number of rotatable bonds is 6. The molecule has 78 valence electrons. The molecule has 0 aliphatic carbocycles. The first-order valence-electron chi connectivity index (χ1n) is 5.11. The molecule has 0 radical (unpaired) electrons. The first-order chi connectivity index (χ1) is 5.83. The summed E-state index contributed by atoms with van der Waals surface area (Å²) in [6.07, 6.45) is 4.56. The number of nitrogens with two attached hydrogens (primary N) is 1. The summed E-state index contributed by atoms with van der Waals surface area (Å²) >= 11 is 0. The van der Waals surface area contributed by atoms with Crippen LogP contribution in [-0.2, 0) is 4.74 Å². The quantitative estimate of drug-likeness (QED) is 0.633.